The zero-order valence-corrected chi connectivity index (χ0v) is 16.3. The van der Waals surface area contributed by atoms with Gasteiger partial charge in [-0.3, -0.25) is 4.79 Å². The van der Waals surface area contributed by atoms with Crippen LogP contribution in [-0.4, -0.2) is 22.2 Å². The lowest BCUT2D eigenvalue weighted by Crippen LogP contribution is -2.25. The maximum absolute atomic E-state index is 14.6. The molecule has 0 spiro atoms. The van der Waals surface area contributed by atoms with Crippen LogP contribution in [0.15, 0.2) is 24.3 Å². The van der Waals surface area contributed by atoms with E-state index in [4.69, 9.17) is 21.4 Å². The first-order valence-electron chi connectivity index (χ1n) is 9.39. The topological polar surface area (TPSA) is 59.4 Å². The van der Waals surface area contributed by atoms with E-state index in [0.29, 0.717) is 29.1 Å². The zero-order valence-electron chi connectivity index (χ0n) is 15.6. The van der Waals surface area contributed by atoms with Crippen LogP contribution in [0, 0.1) is 11.6 Å². The summed E-state index contributed by atoms with van der Waals surface area (Å²) in [6.45, 7) is 1.69. The molecule has 1 aliphatic rings. The first kappa shape index (κ1) is 20.5. The smallest absolute Gasteiger partial charge is 0.303 e. The second kappa shape index (κ2) is 8.86. The predicted molar refractivity (Wildman–Crippen MR) is 103 cm³/mol. The number of halogens is 3. The minimum absolute atomic E-state index is 0.0237. The van der Waals surface area contributed by atoms with Crippen molar-refractivity contribution < 1.29 is 23.4 Å². The van der Waals surface area contributed by atoms with Gasteiger partial charge in [-0.25, -0.2) is 13.8 Å². The van der Waals surface area contributed by atoms with Gasteiger partial charge in [-0.05, 0) is 62.3 Å². The van der Waals surface area contributed by atoms with Gasteiger partial charge >= 0.3 is 5.97 Å². The highest BCUT2D eigenvalue weighted by molar-refractivity contribution is 6.31. The minimum atomic E-state index is -0.919. The Kier molecular flexibility index (Phi) is 6.50. The molecule has 150 valence electrons. The molecule has 1 unspecified atom stereocenters. The van der Waals surface area contributed by atoms with Crippen LogP contribution in [0.25, 0.3) is 11.3 Å². The van der Waals surface area contributed by atoms with Crippen molar-refractivity contribution in [1.82, 2.24) is 4.98 Å². The van der Waals surface area contributed by atoms with Gasteiger partial charge in [0, 0.05) is 17.5 Å². The van der Waals surface area contributed by atoms with Crippen LogP contribution in [-0.2, 0) is 4.79 Å². The summed E-state index contributed by atoms with van der Waals surface area (Å²) in [5, 5.41) is 9.07. The highest BCUT2D eigenvalue weighted by atomic mass is 35.5. The van der Waals surface area contributed by atoms with Gasteiger partial charge in [0.2, 0.25) is 5.88 Å². The molecule has 1 fully saturated rings. The largest absolute Gasteiger partial charge is 0.481 e. The summed E-state index contributed by atoms with van der Waals surface area (Å²) >= 11 is 6.13. The molecule has 4 nitrogen and oxygen atoms in total. The number of hydrogen-bond donors (Lipinski definition) is 1. The third-order valence-electron chi connectivity index (χ3n) is 5.04. The number of carboxylic acids is 1. The molecule has 1 atom stereocenters. The van der Waals surface area contributed by atoms with Crippen LogP contribution in [0.2, 0.25) is 5.02 Å². The van der Waals surface area contributed by atoms with Crippen molar-refractivity contribution >= 4 is 17.6 Å². The Labute approximate surface area is 167 Å². The number of pyridine rings is 1. The van der Waals surface area contributed by atoms with E-state index in [-0.39, 0.29) is 24.0 Å². The van der Waals surface area contributed by atoms with Crippen molar-refractivity contribution in [1.29, 1.82) is 0 Å². The van der Waals surface area contributed by atoms with E-state index in [1.54, 1.807) is 19.1 Å². The average molecular weight is 410 g/mol. The second-order valence-electron chi connectivity index (χ2n) is 7.19. The van der Waals surface area contributed by atoms with E-state index >= 15 is 0 Å². The Morgan fingerprint density at radius 2 is 2.00 bits per heavy atom. The first-order valence-corrected chi connectivity index (χ1v) is 9.77. The van der Waals surface area contributed by atoms with Gasteiger partial charge in [0.1, 0.15) is 22.8 Å². The van der Waals surface area contributed by atoms with Crippen LogP contribution in [0.1, 0.15) is 56.9 Å². The average Bonchev–Trinajstić information content (AvgIpc) is 2.58. The molecule has 2 aromatic rings. The zero-order chi connectivity index (χ0) is 20.3. The van der Waals surface area contributed by atoms with Gasteiger partial charge in [-0.1, -0.05) is 18.5 Å². The summed E-state index contributed by atoms with van der Waals surface area (Å²) in [5.41, 5.74) is 0.641. The fourth-order valence-corrected chi connectivity index (χ4v) is 3.37. The van der Waals surface area contributed by atoms with E-state index in [1.165, 1.54) is 12.1 Å². The number of aliphatic carboxylic acids is 1. The monoisotopic (exact) mass is 409 g/mol. The van der Waals surface area contributed by atoms with Crippen molar-refractivity contribution in [3.05, 3.63) is 46.5 Å². The molecule has 1 N–H and O–H groups in total. The van der Waals surface area contributed by atoms with E-state index in [1.807, 2.05) is 0 Å². The maximum Gasteiger partial charge on any atom is 0.303 e. The van der Waals surface area contributed by atoms with E-state index in [9.17, 15) is 13.6 Å². The van der Waals surface area contributed by atoms with Crippen LogP contribution in [0.4, 0.5) is 8.78 Å². The Hall–Kier alpha value is -2.21. The number of ether oxygens (including phenoxy) is 1. The summed E-state index contributed by atoms with van der Waals surface area (Å²) in [6.07, 6.45) is 3.80. The van der Waals surface area contributed by atoms with Crippen molar-refractivity contribution in [2.24, 2.45) is 0 Å². The third kappa shape index (κ3) is 4.79. The molecule has 0 amide bonds. The Morgan fingerprint density at radius 1 is 1.32 bits per heavy atom. The lowest BCUT2D eigenvalue weighted by Gasteiger charge is -2.26. The summed E-state index contributed by atoms with van der Waals surface area (Å²) < 4.78 is 35.0. The molecule has 1 aromatic carbocycles. The number of benzene rings is 1. The molecule has 1 aromatic heterocycles. The molecule has 1 aliphatic carbocycles. The summed E-state index contributed by atoms with van der Waals surface area (Å²) in [7, 11) is 0. The number of carbonyl (C=O) groups is 1. The summed E-state index contributed by atoms with van der Waals surface area (Å²) in [6, 6.07) is 5.70. The number of hydrogen-bond acceptors (Lipinski definition) is 3. The molecule has 1 heterocycles. The molecule has 0 aliphatic heterocycles. The van der Waals surface area contributed by atoms with Gasteiger partial charge in [-0.15, -0.1) is 0 Å². The van der Waals surface area contributed by atoms with Gasteiger partial charge in [0.05, 0.1) is 5.69 Å². The van der Waals surface area contributed by atoms with Crippen LogP contribution >= 0.6 is 11.6 Å². The Bertz CT molecular complexity index is 848. The summed E-state index contributed by atoms with van der Waals surface area (Å²) in [5.74, 6) is -2.41. The lowest BCUT2D eigenvalue weighted by molar-refractivity contribution is -0.137. The molecular formula is C21H22ClF2NO3. The Morgan fingerprint density at radius 3 is 2.57 bits per heavy atom. The minimum Gasteiger partial charge on any atom is -0.481 e. The SMILES string of the molecule is CC(CCCC(=O)O)c1c(F)cc(-c2ccc(Cl)c(OC3CCC3)n2)cc1F. The number of aromatic nitrogens is 1. The molecule has 0 bridgehead atoms. The third-order valence-corrected chi connectivity index (χ3v) is 5.33. The van der Waals surface area contributed by atoms with Gasteiger partial charge < -0.3 is 9.84 Å². The lowest BCUT2D eigenvalue weighted by atomic mass is 9.93. The number of carboxylic acid groups (broad SMARTS) is 1. The van der Waals surface area contributed by atoms with Crippen molar-refractivity contribution in [2.45, 2.75) is 57.5 Å². The molecule has 0 radical (unpaired) electrons. The van der Waals surface area contributed by atoms with E-state index in [2.05, 4.69) is 4.98 Å². The van der Waals surface area contributed by atoms with Crippen LogP contribution in [0.3, 0.4) is 0 Å². The second-order valence-corrected chi connectivity index (χ2v) is 7.60. The fourth-order valence-electron chi connectivity index (χ4n) is 3.22. The fraction of sp³-hybridized carbons (Fsp3) is 0.429. The highest BCUT2D eigenvalue weighted by Crippen LogP contribution is 2.34. The molecule has 7 heteroatoms. The molecule has 28 heavy (non-hydrogen) atoms. The molecule has 1 saturated carbocycles. The molecule has 3 rings (SSSR count). The number of rotatable bonds is 8. The molecule has 0 saturated heterocycles. The van der Waals surface area contributed by atoms with Crippen LogP contribution < -0.4 is 4.74 Å². The summed E-state index contributed by atoms with van der Waals surface area (Å²) in [4.78, 5) is 15.0. The first-order chi connectivity index (χ1) is 13.3. The normalized spacial score (nSPS) is 15.1. The standard InChI is InChI=1S/C21H22ClF2NO3/c1-12(4-2-7-19(26)27)20-16(23)10-13(11-17(20)24)18-9-8-15(22)21(25-18)28-14-5-3-6-14/h8-12,14H,2-7H2,1H3,(H,26,27). The van der Waals surface area contributed by atoms with Gasteiger partial charge in [-0.2, -0.15) is 0 Å². The van der Waals surface area contributed by atoms with Crippen molar-refractivity contribution in [2.75, 3.05) is 0 Å². The van der Waals surface area contributed by atoms with Gasteiger partial charge in [0.25, 0.3) is 0 Å². The highest BCUT2D eigenvalue weighted by Gasteiger charge is 2.22. The van der Waals surface area contributed by atoms with Gasteiger partial charge in [0.15, 0.2) is 0 Å². The maximum atomic E-state index is 14.6. The molecular weight excluding hydrogens is 388 g/mol. The quantitative estimate of drug-likeness (QED) is 0.583. The van der Waals surface area contributed by atoms with E-state index < -0.39 is 23.5 Å². The number of nitrogens with zero attached hydrogens (tertiary/aromatic N) is 1. The Balaban J connectivity index is 1.81. The van der Waals surface area contributed by atoms with Crippen molar-refractivity contribution in [3.63, 3.8) is 0 Å². The van der Waals surface area contributed by atoms with Crippen molar-refractivity contribution in [3.8, 4) is 17.1 Å². The predicted octanol–water partition coefficient (Wildman–Crippen LogP) is 5.97. The van der Waals surface area contributed by atoms with E-state index in [0.717, 1.165) is 19.3 Å². The van der Waals surface area contributed by atoms with Crippen LogP contribution in [0.5, 0.6) is 5.88 Å².